The molecule has 1 saturated heterocycles. The van der Waals surface area contributed by atoms with Gasteiger partial charge in [-0.15, -0.1) is 24.8 Å². The van der Waals surface area contributed by atoms with Crippen molar-refractivity contribution in [1.82, 2.24) is 14.6 Å². The lowest BCUT2D eigenvalue weighted by atomic mass is 10.2. The molecule has 208 valence electrons. The van der Waals surface area contributed by atoms with Crippen LogP contribution in [0.2, 0.25) is 10.0 Å². The van der Waals surface area contributed by atoms with Gasteiger partial charge in [-0.2, -0.15) is 4.31 Å². The second-order valence-corrected chi connectivity index (χ2v) is 11.3. The lowest BCUT2D eigenvalue weighted by Gasteiger charge is -2.24. The van der Waals surface area contributed by atoms with Gasteiger partial charge < -0.3 is 15.8 Å². The maximum Gasteiger partial charge on any atom is 0.245 e. The maximum absolute atomic E-state index is 13.6. The molecule has 3 N–H and O–H groups in total. The van der Waals surface area contributed by atoms with Crippen LogP contribution in [0.3, 0.4) is 0 Å². The number of aromatic nitrogens is 1. The smallest absolute Gasteiger partial charge is 0.245 e. The molecule has 0 unspecified atom stereocenters. The number of pyridine rings is 1. The number of nitrogens with zero attached hydrogens (tertiary/aromatic N) is 2. The first-order valence-electron chi connectivity index (χ1n) is 11.7. The van der Waals surface area contributed by atoms with Crippen LogP contribution < -0.4 is 15.8 Å². The number of amides is 1. The Bertz CT molecular complexity index is 1390. The molecular formula is C25H30Cl4N4O4S. The number of aryl methyl sites for hydroxylation is 1. The van der Waals surface area contributed by atoms with Gasteiger partial charge in [0.05, 0.1) is 5.02 Å². The van der Waals surface area contributed by atoms with Gasteiger partial charge in [0.25, 0.3) is 0 Å². The van der Waals surface area contributed by atoms with E-state index in [-0.39, 0.29) is 58.8 Å². The normalized spacial score (nSPS) is 15.5. The van der Waals surface area contributed by atoms with Crippen LogP contribution in [0.5, 0.6) is 5.75 Å². The van der Waals surface area contributed by atoms with Crippen LogP contribution in [0.15, 0.2) is 47.4 Å². The Hall–Kier alpha value is -1.85. The largest absolute Gasteiger partial charge is 0.487 e. The molecule has 0 radical (unpaired) electrons. The Morgan fingerprint density at radius 3 is 2.68 bits per heavy atom. The van der Waals surface area contributed by atoms with Gasteiger partial charge in [-0.3, -0.25) is 4.79 Å². The molecule has 8 nitrogen and oxygen atoms in total. The molecule has 1 fully saturated rings. The first kappa shape index (κ1) is 32.4. The van der Waals surface area contributed by atoms with Gasteiger partial charge in [0.2, 0.25) is 15.9 Å². The molecule has 13 heteroatoms. The van der Waals surface area contributed by atoms with E-state index in [4.69, 9.17) is 33.7 Å². The summed E-state index contributed by atoms with van der Waals surface area (Å²) in [5.74, 6) is 0.197. The molecule has 1 aliphatic rings. The van der Waals surface area contributed by atoms with Crippen LogP contribution in [0.4, 0.5) is 0 Å². The van der Waals surface area contributed by atoms with Crippen molar-refractivity contribution in [2.45, 2.75) is 43.7 Å². The highest BCUT2D eigenvalue weighted by molar-refractivity contribution is 7.89. The van der Waals surface area contributed by atoms with E-state index in [9.17, 15) is 13.2 Å². The number of fused-ring (bicyclic) bond motifs is 1. The predicted octanol–water partition coefficient (Wildman–Crippen LogP) is 4.89. The molecule has 0 saturated carbocycles. The number of halogens is 4. The minimum atomic E-state index is -4.07. The molecule has 0 bridgehead atoms. The predicted molar refractivity (Wildman–Crippen MR) is 155 cm³/mol. The summed E-state index contributed by atoms with van der Waals surface area (Å²) >= 11 is 13.0. The minimum Gasteiger partial charge on any atom is -0.487 e. The number of nitrogens with two attached hydrogens (primary N) is 1. The summed E-state index contributed by atoms with van der Waals surface area (Å²) in [5, 5.41) is 3.93. The van der Waals surface area contributed by atoms with Gasteiger partial charge in [-0.05, 0) is 57.0 Å². The number of benzene rings is 2. The van der Waals surface area contributed by atoms with E-state index in [2.05, 4.69) is 10.3 Å². The van der Waals surface area contributed by atoms with Crippen molar-refractivity contribution in [3.05, 3.63) is 63.8 Å². The van der Waals surface area contributed by atoms with Crippen LogP contribution >= 0.6 is 48.0 Å². The number of sulfonamides is 1. The quantitative estimate of drug-likeness (QED) is 0.328. The Morgan fingerprint density at radius 2 is 1.95 bits per heavy atom. The fourth-order valence-electron chi connectivity index (χ4n) is 4.24. The molecule has 4 rings (SSSR count). The monoisotopic (exact) mass is 622 g/mol. The lowest BCUT2D eigenvalue weighted by Crippen LogP contribution is -2.46. The second-order valence-electron chi connectivity index (χ2n) is 8.61. The molecule has 1 aliphatic heterocycles. The summed E-state index contributed by atoms with van der Waals surface area (Å²) in [4.78, 5) is 17.1. The Kier molecular flexibility index (Phi) is 11.9. The number of nitrogens with one attached hydrogen (secondary N) is 1. The number of rotatable bonds is 9. The number of hydrogen-bond acceptors (Lipinski definition) is 6. The van der Waals surface area contributed by atoms with Crippen molar-refractivity contribution in [1.29, 1.82) is 0 Å². The number of hydrogen-bond donors (Lipinski definition) is 2. The zero-order valence-electron chi connectivity index (χ0n) is 20.7. The fourth-order valence-corrected chi connectivity index (χ4v) is 6.76. The van der Waals surface area contributed by atoms with Gasteiger partial charge in [0, 0.05) is 34.8 Å². The van der Waals surface area contributed by atoms with E-state index in [0.717, 1.165) is 11.1 Å². The Labute approximate surface area is 245 Å². The summed E-state index contributed by atoms with van der Waals surface area (Å²) in [7, 11) is -4.07. The molecule has 38 heavy (non-hydrogen) atoms. The second kappa shape index (κ2) is 14.0. The lowest BCUT2D eigenvalue weighted by molar-refractivity contribution is -0.124. The van der Waals surface area contributed by atoms with E-state index in [1.54, 1.807) is 6.07 Å². The highest BCUT2D eigenvalue weighted by Crippen LogP contribution is 2.36. The van der Waals surface area contributed by atoms with Crippen molar-refractivity contribution in [3.8, 4) is 5.75 Å². The molecule has 2 aromatic carbocycles. The molecule has 2 heterocycles. The third kappa shape index (κ3) is 6.83. The summed E-state index contributed by atoms with van der Waals surface area (Å²) < 4.78 is 34.4. The SMILES string of the molecule is Cc1ccc2cccc(OCc3c(Cl)ccc(S(=O)(=O)N4CCC[C@H]4C(=O)NCCCN)c3Cl)c2n1.Cl.Cl. The summed E-state index contributed by atoms with van der Waals surface area (Å²) in [6.07, 6.45) is 1.62. The van der Waals surface area contributed by atoms with Crippen molar-refractivity contribution in [3.63, 3.8) is 0 Å². The van der Waals surface area contributed by atoms with Gasteiger partial charge in [0.15, 0.2) is 0 Å². The van der Waals surface area contributed by atoms with Crippen molar-refractivity contribution < 1.29 is 17.9 Å². The zero-order chi connectivity index (χ0) is 25.9. The van der Waals surface area contributed by atoms with E-state index < -0.39 is 16.1 Å². The van der Waals surface area contributed by atoms with Crippen LogP contribution in [0, 0.1) is 6.92 Å². The number of para-hydroxylation sites is 1. The molecule has 0 aliphatic carbocycles. The van der Waals surface area contributed by atoms with Crippen molar-refractivity contribution >= 4 is 74.8 Å². The first-order chi connectivity index (χ1) is 17.2. The Morgan fingerprint density at radius 1 is 1.18 bits per heavy atom. The first-order valence-corrected chi connectivity index (χ1v) is 13.9. The fraction of sp³-hybridized carbons (Fsp3) is 0.360. The highest BCUT2D eigenvalue weighted by atomic mass is 35.5. The van der Waals surface area contributed by atoms with Gasteiger partial charge in [0.1, 0.15) is 28.8 Å². The number of carbonyl (C=O) groups is 1. The number of carbonyl (C=O) groups excluding carboxylic acids is 1. The number of ether oxygens (including phenoxy) is 1. The summed E-state index contributed by atoms with van der Waals surface area (Å²) in [5.41, 5.74) is 7.35. The molecule has 1 amide bonds. The third-order valence-electron chi connectivity index (χ3n) is 6.12. The van der Waals surface area contributed by atoms with Crippen LogP contribution in [-0.4, -0.2) is 49.3 Å². The van der Waals surface area contributed by atoms with Gasteiger partial charge >= 0.3 is 0 Å². The van der Waals surface area contributed by atoms with Crippen molar-refractivity contribution in [2.24, 2.45) is 5.73 Å². The summed E-state index contributed by atoms with van der Waals surface area (Å²) in [6.45, 7) is 2.89. The van der Waals surface area contributed by atoms with Gasteiger partial charge in [-0.1, -0.05) is 41.4 Å². The highest BCUT2D eigenvalue weighted by Gasteiger charge is 2.40. The van der Waals surface area contributed by atoms with Crippen LogP contribution in [0.1, 0.15) is 30.5 Å². The minimum absolute atomic E-state index is 0. The third-order valence-corrected chi connectivity index (χ3v) is 8.97. The van der Waals surface area contributed by atoms with E-state index >= 15 is 0 Å². The average Bonchev–Trinajstić information content (AvgIpc) is 3.35. The van der Waals surface area contributed by atoms with Crippen LogP contribution in [-0.2, 0) is 21.4 Å². The molecule has 1 aromatic heterocycles. The standard InChI is InChI=1S/C25H28Cl2N4O4S.2ClH/c1-16-8-9-17-5-2-7-21(24(17)30-16)35-15-18-19(26)10-11-22(23(18)27)36(33,34)31-14-3-6-20(31)25(32)29-13-4-12-28;;/h2,5,7-11,20H,3-4,6,12-15,28H2,1H3,(H,29,32);2*1H/t20-;;/m0../s1. The molecule has 0 spiro atoms. The molecule has 1 atom stereocenters. The van der Waals surface area contributed by atoms with Gasteiger partial charge in [-0.25, -0.2) is 13.4 Å². The molecular weight excluding hydrogens is 594 g/mol. The topological polar surface area (TPSA) is 115 Å². The van der Waals surface area contributed by atoms with E-state index in [0.29, 0.717) is 49.2 Å². The maximum atomic E-state index is 13.6. The van der Waals surface area contributed by atoms with Crippen molar-refractivity contribution in [2.75, 3.05) is 19.6 Å². The van der Waals surface area contributed by atoms with E-state index in [1.165, 1.54) is 16.4 Å². The van der Waals surface area contributed by atoms with Crippen LogP contribution in [0.25, 0.3) is 10.9 Å². The molecule has 3 aromatic rings. The Balaban J connectivity index is 0.00000253. The zero-order valence-corrected chi connectivity index (χ0v) is 24.6. The summed E-state index contributed by atoms with van der Waals surface area (Å²) in [6, 6.07) is 11.5. The van der Waals surface area contributed by atoms with E-state index in [1.807, 2.05) is 31.2 Å². The average molecular weight is 624 g/mol.